The summed E-state index contributed by atoms with van der Waals surface area (Å²) in [6, 6.07) is 2.70. The summed E-state index contributed by atoms with van der Waals surface area (Å²) < 4.78 is 0. The summed E-state index contributed by atoms with van der Waals surface area (Å²) in [5, 5.41) is 8.70. The summed E-state index contributed by atoms with van der Waals surface area (Å²) in [4.78, 5) is 48.6. The molecule has 1 aliphatic rings. The van der Waals surface area contributed by atoms with E-state index in [4.69, 9.17) is 11.6 Å². The summed E-state index contributed by atoms with van der Waals surface area (Å²) in [6.45, 7) is 1.83. The zero-order valence-electron chi connectivity index (χ0n) is 17.1. The predicted molar refractivity (Wildman–Crippen MR) is 123 cm³/mol. The van der Waals surface area contributed by atoms with Crippen molar-refractivity contribution in [3.8, 4) is 0 Å². The quantitative estimate of drug-likeness (QED) is 0.510. The second kappa shape index (κ2) is 10.9. The van der Waals surface area contributed by atoms with E-state index in [9.17, 15) is 14.4 Å². The highest BCUT2D eigenvalue weighted by Gasteiger charge is 2.23. The largest absolute Gasteiger partial charge is 0.346 e. The van der Waals surface area contributed by atoms with Gasteiger partial charge in [-0.2, -0.15) is 11.8 Å². The maximum atomic E-state index is 12.7. The number of thioether (sulfide) groups is 1. The van der Waals surface area contributed by atoms with Crippen LogP contribution in [0, 0.1) is 0 Å². The van der Waals surface area contributed by atoms with Gasteiger partial charge in [0, 0.05) is 42.9 Å². The van der Waals surface area contributed by atoms with Gasteiger partial charge in [0.25, 0.3) is 5.91 Å². The number of amides is 3. The number of hydrogen-bond donors (Lipinski definition) is 3. The van der Waals surface area contributed by atoms with Crippen LogP contribution in [0.25, 0.3) is 0 Å². The molecule has 1 aliphatic heterocycles. The van der Waals surface area contributed by atoms with E-state index < -0.39 is 11.8 Å². The fourth-order valence-corrected chi connectivity index (χ4v) is 4.75. The number of aromatic nitrogens is 2. The highest BCUT2D eigenvalue weighted by Crippen LogP contribution is 2.24. The van der Waals surface area contributed by atoms with Gasteiger partial charge < -0.3 is 20.9 Å². The highest BCUT2D eigenvalue weighted by molar-refractivity contribution is 7.98. The first-order chi connectivity index (χ1) is 14.9. The number of rotatable bonds is 7. The van der Waals surface area contributed by atoms with Gasteiger partial charge in [0.05, 0.1) is 16.8 Å². The maximum absolute atomic E-state index is 12.7. The van der Waals surface area contributed by atoms with Crippen LogP contribution in [0.2, 0.25) is 5.02 Å². The molecule has 3 rings (SSSR count). The molecule has 3 N–H and O–H groups in total. The molecule has 0 spiro atoms. The zero-order valence-corrected chi connectivity index (χ0v) is 19.5. The highest BCUT2D eigenvalue weighted by atomic mass is 35.5. The van der Waals surface area contributed by atoms with Gasteiger partial charge in [0.1, 0.15) is 5.82 Å². The summed E-state index contributed by atoms with van der Waals surface area (Å²) >= 11 is 8.68. The Balaban J connectivity index is 1.53. The van der Waals surface area contributed by atoms with E-state index >= 15 is 0 Å². The molecular weight excluding hydrogens is 460 g/mol. The smallest absolute Gasteiger partial charge is 0.314 e. The Hall–Kier alpha value is -2.21. The Kier molecular flexibility index (Phi) is 8.24. The number of anilines is 1. The molecule has 0 unspecified atom stereocenters. The van der Waals surface area contributed by atoms with Crippen LogP contribution in [0.3, 0.4) is 0 Å². The minimum absolute atomic E-state index is 0.112. The lowest BCUT2D eigenvalue weighted by Crippen LogP contribution is -2.47. The number of nitrogens with one attached hydrogen (secondary N) is 3. The second-order valence-electron chi connectivity index (χ2n) is 7.03. The maximum Gasteiger partial charge on any atom is 0.314 e. The van der Waals surface area contributed by atoms with E-state index in [2.05, 4.69) is 30.8 Å². The summed E-state index contributed by atoms with van der Waals surface area (Å²) in [6.07, 6.45) is 4.10. The van der Waals surface area contributed by atoms with E-state index in [0.717, 1.165) is 30.1 Å². The van der Waals surface area contributed by atoms with E-state index in [0.29, 0.717) is 15.8 Å². The molecule has 2 aromatic rings. The molecule has 2 aromatic heterocycles. The molecule has 0 saturated heterocycles. The SMILES string of the molecule is CSC[C@H](CNC(=O)C(=O)Nc1ccc(Cl)cn1)NC(=O)c1nc2c(s1)CN(C)CC2. The topological polar surface area (TPSA) is 116 Å². The van der Waals surface area contributed by atoms with E-state index in [1.165, 1.54) is 35.4 Å². The van der Waals surface area contributed by atoms with Crippen LogP contribution in [0.5, 0.6) is 0 Å². The van der Waals surface area contributed by atoms with Crippen LogP contribution in [0.4, 0.5) is 5.82 Å². The minimum Gasteiger partial charge on any atom is -0.346 e. The van der Waals surface area contributed by atoms with Gasteiger partial charge in [-0.15, -0.1) is 11.3 Å². The van der Waals surface area contributed by atoms with Crippen LogP contribution >= 0.6 is 34.7 Å². The Morgan fingerprint density at radius 1 is 1.32 bits per heavy atom. The number of nitrogens with zero attached hydrogens (tertiary/aromatic N) is 3. The first-order valence-corrected chi connectivity index (χ1v) is 12.1. The van der Waals surface area contributed by atoms with Crippen LogP contribution < -0.4 is 16.0 Å². The van der Waals surface area contributed by atoms with Gasteiger partial charge in [-0.05, 0) is 25.4 Å². The fourth-order valence-electron chi connectivity index (χ4n) is 2.94. The van der Waals surface area contributed by atoms with Crippen molar-refractivity contribution < 1.29 is 14.4 Å². The van der Waals surface area contributed by atoms with E-state index in [1.807, 2.05) is 13.3 Å². The summed E-state index contributed by atoms with van der Waals surface area (Å²) in [7, 11) is 2.04. The van der Waals surface area contributed by atoms with Gasteiger partial charge in [-0.25, -0.2) is 9.97 Å². The second-order valence-corrected chi connectivity index (χ2v) is 9.46. The van der Waals surface area contributed by atoms with Crippen molar-refractivity contribution in [2.24, 2.45) is 0 Å². The van der Waals surface area contributed by atoms with Crippen molar-refractivity contribution in [3.63, 3.8) is 0 Å². The lowest BCUT2D eigenvalue weighted by Gasteiger charge is -2.20. The molecule has 0 fully saturated rings. The number of fused-ring (bicyclic) bond motifs is 1. The lowest BCUT2D eigenvalue weighted by atomic mass is 10.2. The van der Waals surface area contributed by atoms with Crippen molar-refractivity contribution >= 4 is 58.2 Å². The van der Waals surface area contributed by atoms with E-state index in [-0.39, 0.29) is 24.3 Å². The predicted octanol–water partition coefficient (Wildman–Crippen LogP) is 1.40. The van der Waals surface area contributed by atoms with Gasteiger partial charge >= 0.3 is 11.8 Å². The number of carbonyl (C=O) groups is 3. The number of halogens is 1. The molecule has 9 nitrogen and oxygen atoms in total. The average molecular weight is 483 g/mol. The Bertz CT molecular complexity index is 953. The van der Waals surface area contributed by atoms with Gasteiger partial charge in [-0.3, -0.25) is 14.4 Å². The molecule has 12 heteroatoms. The zero-order chi connectivity index (χ0) is 22.4. The number of pyridine rings is 1. The third kappa shape index (κ3) is 6.63. The van der Waals surface area contributed by atoms with Crippen LogP contribution in [-0.2, 0) is 22.6 Å². The molecule has 0 bridgehead atoms. The standard InChI is InChI=1S/C19H23ClN6O3S2/c1-26-6-5-13-14(9-26)31-19(24-13)18(29)23-12(10-30-2)8-22-16(27)17(28)25-15-4-3-11(20)7-21-15/h3-4,7,12H,5-6,8-10H2,1-2H3,(H,22,27)(H,23,29)(H,21,25,28)/t12-/m0/s1. The lowest BCUT2D eigenvalue weighted by molar-refractivity contribution is -0.136. The third-order valence-electron chi connectivity index (χ3n) is 4.50. The molecule has 0 aromatic carbocycles. The minimum atomic E-state index is -0.847. The van der Waals surface area contributed by atoms with Crippen LogP contribution in [-0.4, -0.2) is 70.8 Å². The summed E-state index contributed by atoms with van der Waals surface area (Å²) in [5.74, 6) is -1.15. The van der Waals surface area contributed by atoms with Crippen LogP contribution in [0.1, 0.15) is 20.4 Å². The average Bonchev–Trinajstić information content (AvgIpc) is 3.17. The van der Waals surface area contributed by atoms with Crippen molar-refractivity contribution in [2.45, 2.75) is 19.0 Å². The number of thiazole rings is 1. The molecule has 166 valence electrons. The number of carbonyl (C=O) groups excluding carboxylic acids is 3. The molecule has 0 radical (unpaired) electrons. The summed E-state index contributed by atoms with van der Waals surface area (Å²) in [5.41, 5.74) is 0.982. The van der Waals surface area contributed by atoms with Crippen LogP contribution in [0.15, 0.2) is 18.3 Å². The Morgan fingerprint density at radius 2 is 2.13 bits per heavy atom. The van der Waals surface area contributed by atoms with Crippen molar-refractivity contribution in [3.05, 3.63) is 38.9 Å². The molecular formula is C19H23ClN6O3S2. The Labute approximate surface area is 193 Å². The van der Waals surface area contributed by atoms with Crippen molar-refractivity contribution in [1.29, 1.82) is 0 Å². The van der Waals surface area contributed by atoms with Crippen molar-refractivity contribution in [1.82, 2.24) is 25.5 Å². The monoisotopic (exact) mass is 482 g/mol. The third-order valence-corrected chi connectivity index (χ3v) is 6.54. The molecule has 3 amide bonds. The Morgan fingerprint density at radius 3 is 2.84 bits per heavy atom. The molecule has 0 aliphatic carbocycles. The number of likely N-dealkylation sites (N-methyl/N-ethyl adjacent to an activating group) is 1. The molecule has 31 heavy (non-hydrogen) atoms. The first-order valence-electron chi connectivity index (χ1n) is 9.53. The molecule has 3 heterocycles. The van der Waals surface area contributed by atoms with Gasteiger partial charge in [-0.1, -0.05) is 11.6 Å². The number of hydrogen-bond acceptors (Lipinski definition) is 8. The first kappa shape index (κ1) is 23.5. The van der Waals surface area contributed by atoms with Crippen molar-refractivity contribution in [2.75, 3.05) is 37.5 Å². The van der Waals surface area contributed by atoms with Gasteiger partial charge in [0.2, 0.25) is 0 Å². The fraction of sp³-hybridized carbons (Fsp3) is 0.421. The van der Waals surface area contributed by atoms with E-state index in [1.54, 1.807) is 6.07 Å². The normalized spacial score (nSPS) is 14.4. The molecule has 0 saturated carbocycles. The molecule has 1 atom stereocenters. The van der Waals surface area contributed by atoms with Gasteiger partial charge in [0.15, 0.2) is 5.01 Å².